The zero-order chi connectivity index (χ0) is 29.8. The van der Waals surface area contributed by atoms with Crippen LogP contribution in [0, 0.1) is 19.7 Å². The van der Waals surface area contributed by atoms with Crippen molar-refractivity contribution in [2.24, 2.45) is 0 Å². The van der Waals surface area contributed by atoms with Gasteiger partial charge in [0.25, 0.3) is 11.8 Å². The number of carbonyl (C=O) groups excluding carboxylic acids is 3. The number of carbonyl (C=O) groups is 3. The van der Waals surface area contributed by atoms with Crippen LogP contribution in [0.5, 0.6) is 17.2 Å². The number of fused-ring (bicyclic) bond motifs is 5. The minimum absolute atomic E-state index is 0.0636. The molecule has 2 atom stereocenters. The largest absolute Gasteiger partial charge is 0.493 e. The van der Waals surface area contributed by atoms with Gasteiger partial charge in [0.2, 0.25) is 5.91 Å². The number of rotatable bonds is 4. The summed E-state index contributed by atoms with van der Waals surface area (Å²) in [5.74, 6) is -0.595. The number of halogens is 1. The first-order valence-electron chi connectivity index (χ1n) is 13.8. The first kappa shape index (κ1) is 28.9. The van der Waals surface area contributed by atoms with Gasteiger partial charge >= 0.3 is 0 Å². The molecule has 11 nitrogen and oxygen atoms in total. The van der Waals surface area contributed by atoms with Crippen LogP contribution in [-0.2, 0) is 22.7 Å². The van der Waals surface area contributed by atoms with Gasteiger partial charge in [0.1, 0.15) is 17.7 Å². The average Bonchev–Trinajstić information content (AvgIpc) is 3.29. The molecule has 0 aliphatic carbocycles. The topological polar surface area (TPSA) is 124 Å². The molecule has 1 fully saturated rings. The Bertz CT molecular complexity index is 1490. The quantitative estimate of drug-likeness (QED) is 0.487. The fourth-order valence-electron chi connectivity index (χ4n) is 5.24. The second-order valence-electron chi connectivity index (χ2n) is 10.5. The molecule has 3 heterocycles. The van der Waals surface area contributed by atoms with Crippen LogP contribution in [0.25, 0.3) is 0 Å². The monoisotopic (exact) mass is 579 g/mol. The summed E-state index contributed by atoms with van der Waals surface area (Å²) >= 11 is 0. The van der Waals surface area contributed by atoms with E-state index in [0.29, 0.717) is 30.8 Å². The molecule has 2 aliphatic heterocycles. The molecule has 12 heteroatoms. The Kier molecular flexibility index (Phi) is 8.60. The van der Waals surface area contributed by atoms with Crippen molar-refractivity contribution in [1.82, 2.24) is 25.3 Å². The number of aryl methyl sites for hydroxylation is 3. The Labute approximate surface area is 242 Å². The van der Waals surface area contributed by atoms with E-state index in [-0.39, 0.29) is 49.1 Å². The molecule has 42 heavy (non-hydrogen) atoms. The molecule has 4 bridgehead atoms. The molecular formula is C30H34FN5O6. The molecule has 222 valence electrons. The molecule has 3 amide bonds. The maximum Gasteiger partial charge on any atom is 0.258 e. The van der Waals surface area contributed by atoms with Gasteiger partial charge in [-0.05, 0) is 55.8 Å². The Morgan fingerprint density at radius 3 is 2.76 bits per heavy atom. The number of amides is 3. The minimum atomic E-state index is -0.588. The molecular weight excluding hydrogens is 545 g/mol. The summed E-state index contributed by atoms with van der Waals surface area (Å²) in [5, 5.41) is 10.1. The number of benzene rings is 2. The van der Waals surface area contributed by atoms with Crippen molar-refractivity contribution in [3.05, 3.63) is 70.8 Å². The van der Waals surface area contributed by atoms with Crippen molar-refractivity contribution >= 4 is 17.7 Å². The number of piperidine rings is 1. The van der Waals surface area contributed by atoms with Crippen LogP contribution in [0.1, 0.15) is 40.2 Å². The van der Waals surface area contributed by atoms with Crippen LogP contribution in [0.3, 0.4) is 0 Å². The van der Waals surface area contributed by atoms with Gasteiger partial charge in [0.05, 0.1) is 18.8 Å². The zero-order valence-electron chi connectivity index (χ0n) is 23.8. The lowest BCUT2D eigenvalue weighted by Crippen LogP contribution is -2.58. The van der Waals surface area contributed by atoms with E-state index in [9.17, 15) is 18.8 Å². The van der Waals surface area contributed by atoms with Crippen LogP contribution in [-0.4, -0.2) is 71.4 Å². The highest BCUT2D eigenvalue weighted by Crippen LogP contribution is 2.29. The molecule has 0 unspecified atom stereocenters. The predicted octanol–water partition coefficient (Wildman–Crippen LogP) is 2.52. The summed E-state index contributed by atoms with van der Waals surface area (Å²) in [6, 6.07) is 10.3. The molecule has 2 aliphatic rings. The predicted molar refractivity (Wildman–Crippen MR) is 150 cm³/mol. The van der Waals surface area contributed by atoms with Gasteiger partial charge in [-0.3, -0.25) is 19.1 Å². The highest BCUT2D eigenvalue weighted by Gasteiger charge is 2.34. The smallest absolute Gasteiger partial charge is 0.258 e. The average molecular weight is 580 g/mol. The maximum absolute atomic E-state index is 14.5. The number of aromatic nitrogens is 2. The maximum atomic E-state index is 14.5. The molecule has 2 aromatic carbocycles. The molecule has 0 radical (unpaired) electrons. The van der Waals surface area contributed by atoms with Crippen LogP contribution < -0.4 is 24.8 Å². The van der Waals surface area contributed by atoms with E-state index in [0.717, 1.165) is 11.4 Å². The molecule has 0 saturated carbocycles. The third-order valence-electron chi connectivity index (χ3n) is 7.35. The number of methoxy groups -OCH3 is 1. The third kappa shape index (κ3) is 6.81. The fraction of sp³-hybridized carbons (Fsp3) is 0.400. The molecule has 0 spiro atoms. The molecule has 1 saturated heterocycles. The van der Waals surface area contributed by atoms with E-state index in [4.69, 9.17) is 14.2 Å². The van der Waals surface area contributed by atoms with Crippen molar-refractivity contribution in [3.8, 4) is 17.2 Å². The van der Waals surface area contributed by atoms with Crippen molar-refractivity contribution in [1.29, 1.82) is 0 Å². The highest BCUT2D eigenvalue weighted by molar-refractivity contribution is 5.95. The summed E-state index contributed by atoms with van der Waals surface area (Å²) < 4.78 is 33.5. The highest BCUT2D eigenvalue weighted by atomic mass is 19.1. The van der Waals surface area contributed by atoms with Crippen LogP contribution in [0.2, 0.25) is 0 Å². The number of ether oxygens (including phenoxy) is 3. The lowest BCUT2D eigenvalue weighted by Gasteiger charge is -2.39. The van der Waals surface area contributed by atoms with E-state index in [1.165, 1.54) is 25.3 Å². The third-order valence-corrected chi connectivity index (χ3v) is 7.35. The van der Waals surface area contributed by atoms with E-state index in [1.807, 2.05) is 24.6 Å². The number of nitrogens with zero attached hydrogens (tertiary/aromatic N) is 3. The first-order chi connectivity index (χ1) is 20.2. The van der Waals surface area contributed by atoms with E-state index in [1.54, 1.807) is 23.1 Å². The summed E-state index contributed by atoms with van der Waals surface area (Å²) in [7, 11) is 1.46. The standard InChI is InChI=1S/C30H34FN5O6/c1-18-10-19(2)36(34-18)9-7-29(38)35-8-6-25-24(16-35)33-30(39)21-4-5-26(40-3)27(13-21)41-17-28(37)32-15-20-11-22(31)14-23(12-20)42-25/h4-5,10-14,24-25H,6-9,15-17H2,1-3H3,(H,32,37)(H,33,39)/t24-,25+/m0/s1. The van der Waals surface area contributed by atoms with Gasteiger partial charge in [-0.25, -0.2) is 4.39 Å². The van der Waals surface area contributed by atoms with E-state index < -0.39 is 29.8 Å². The molecule has 2 N–H and O–H groups in total. The second-order valence-corrected chi connectivity index (χ2v) is 10.5. The Hall–Kier alpha value is -4.61. The van der Waals surface area contributed by atoms with Crippen LogP contribution >= 0.6 is 0 Å². The lowest BCUT2D eigenvalue weighted by atomic mass is 10.0. The van der Waals surface area contributed by atoms with Crippen molar-refractivity contribution in [2.75, 3.05) is 26.8 Å². The van der Waals surface area contributed by atoms with Crippen LogP contribution in [0.15, 0.2) is 42.5 Å². The van der Waals surface area contributed by atoms with Gasteiger partial charge in [-0.2, -0.15) is 5.10 Å². The van der Waals surface area contributed by atoms with Gasteiger partial charge < -0.3 is 29.7 Å². The Morgan fingerprint density at radius 1 is 1.17 bits per heavy atom. The summed E-state index contributed by atoms with van der Waals surface area (Å²) in [6.07, 6.45) is 0.128. The van der Waals surface area contributed by atoms with Gasteiger partial charge in [0, 0.05) is 56.3 Å². The number of nitrogens with one attached hydrogen (secondary N) is 2. The number of likely N-dealkylation sites (tertiary alicyclic amines) is 1. The number of hydrogen-bond donors (Lipinski definition) is 2. The molecule has 3 aromatic rings. The zero-order valence-corrected chi connectivity index (χ0v) is 23.8. The Morgan fingerprint density at radius 2 is 2.00 bits per heavy atom. The number of hydrogen-bond acceptors (Lipinski definition) is 7. The van der Waals surface area contributed by atoms with Crippen LogP contribution in [0.4, 0.5) is 4.39 Å². The SMILES string of the molecule is COc1ccc2cc1OCC(=O)NCc1cc(F)cc(c1)O[C@@H]1CCN(C(=O)CCn3nc(C)cc3C)C[C@@H]1NC2=O. The molecule has 1 aromatic heterocycles. The van der Waals surface area contributed by atoms with Crippen molar-refractivity contribution in [3.63, 3.8) is 0 Å². The van der Waals surface area contributed by atoms with Crippen molar-refractivity contribution < 1.29 is 33.0 Å². The minimum Gasteiger partial charge on any atom is -0.493 e. The van der Waals surface area contributed by atoms with Gasteiger partial charge in [-0.15, -0.1) is 0 Å². The second kappa shape index (κ2) is 12.5. The summed E-state index contributed by atoms with van der Waals surface area (Å²) in [6.45, 7) is 4.66. The van der Waals surface area contributed by atoms with Gasteiger partial charge in [0.15, 0.2) is 18.1 Å². The van der Waals surface area contributed by atoms with Crippen molar-refractivity contribution in [2.45, 2.75) is 51.9 Å². The lowest BCUT2D eigenvalue weighted by molar-refractivity contribution is -0.134. The fourth-order valence-corrected chi connectivity index (χ4v) is 5.24. The summed E-state index contributed by atoms with van der Waals surface area (Å²) in [4.78, 5) is 40.8. The van der Waals surface area contributed by atoms with E-state index >= 15 is 0 Å². The molecule has 5 rings (SSSR count). The summed E-state index contributed by atoms with van der Waals surface area (Å²) in [5.41, 5.74) is 2.65. The Balaban J connectivity index is 1.40. The normalized spacial score (nSPS) is 19.1. The van der Waals surface area contributed by atoms with E-state index in [2.05, 4.69) is 15.7 Å². The van der Waals surface area contributed by atoms with Gasteiger partial charge in [-0.1, -0.05) is 0 Å². The first-order valence-corrected chi connectivity index (χ1v) is 13.8.